The van der Waals surface area contributed by atoms with E-state index in [0.29, 0.717) is 0 Å². The highest BCUT2D eigenvalue weighted by Crippen LogP contribution is 2.25. The number of aliphatic hydroxyl groups is 4. The smallest absolute Gasteiger partial charge is 0.121 e. The van der Waals surface area contributed by atoms with Crippen molar-refractivity contribution >= 4 is 10.1 Å². The molecular weight excluding hydrogens is 290 g/mol. The Kier molecular flexibility index (Phi) is 8.11. The van der Waals surface area contributed by atoms with Crippen LogP contribution in [-0.2, 0) is 10.1 Å². The summed E-state index contributed by atoms with van der Waals surface area (Å²) in [6.45, 7) is 1.97. The number of nitrogens with zero attached hydrogens (tertiary/aromatic N) is 1. The Balaban J connectivity index is 5.36. The molecule has 4 N–H and O–H groups in total. The molecule has 1 atom stereocenters. The molecule has 0 aromatic heterocycles. The van der Waals surface area contributed by atoms with Crippen molar-refractivity contribution in [2.45, 2.75) is 32.0 Å². The van der Waals surface area contributed by atoms with Crippen molar-refractivity contribution in [2.24, 2.45) is 5.92 Å². The topological polar surface area (TPSA) is 141 Å². The van der Waals surface area contributed by atoms with Crippen LogP contribution in [-0.4, -0.2) is 82.2 Å². The lowest BCUT2D eigenvalue weighted by molar-refractivity contribution is -0.111. The minimum atomic E-state index is -4.68. The SMILES string of the molecule is CC(C)CC(CO)(CO)N(CCO)C(O)CS(=O)(=O)[O-]. The first kappa shape index (κ1) is 19.7. The van der Waals surface area contributed by atoms with Gasteiger partial charge in [-0.2, -0.15) is 0 Å². The molecule has 0 rings (SSSR count). The van der Waals surface area contributed by atoms with Crippen molar-refractivity contribution in [3.63, 3.8) is 0 Å². The van der Waals surface area contributed by atoms with Gasteiger partial charge in [-0.05, 0) is 12.3 Å². The lowest BCUT2D eigenvalue weighted by Gasteiger charge is -2.45. The molecule has 0 spiro atoms. The number of hydrogen-bond donors (Lipinski definition) is 4. The molecule has 9 heteroatoms. The molecule has 0 aromatic rings. The second-order valence-corrected chi connectivity index (χ2v) is 6.71. The monoisotopic (exact) mass is 314 g/mol. The van der Waals surface area contributed by atoms with E-state index >= 15 is 0 Å². The maximum Gasteiger partial charge on any atom is 0.121 e. The van der Waals surface area contributed by atoms with Gasteiger partial charge in [-0.3, -0.25) is 4.90 Å². The number of β-amino-alcohol motifs (C(OH)–C–C–N with tert-alkyl or cyclic N) is 1. The molecule has 0 heterocycles. The fourth-order valence-corrected chi connectivity index (χ4v) is 2.87. The lowest BCUT2D eigenvalue weighted by Crippen LogP contribution is -2.61. The third-order valence-electron chi connectivity index (χ3n) is 3.04. The fraction of sp³-hybridized carbons (Fsp3) is 1.00. The van der Waals surface area contributed by atoms with E-state index in [1.54, 1.807) is 0 Å². The van der Waals surface area contributed by atoms with Gasteiger partial charge in [-0.15, -0.1) is 0 Å². The zero-order valence-electron chi connectivity index (χ0n) is 11.8. The molecule has 0 aromatic carbocycles. The Labute approximate surface area is 119 Å². The van der Waals surface area contributed by atoms with Gasteiger partial charge in [0.05, 0.1) is 41.2 Å². The van der Waals surface area contributed by atoms with E-state index in [9.17, 15) is 28.3 Å². The normalized spacial score (nSPS) is 15.1. The summed E-state index contributed by atoms with van der Waals surface area (Å²) in [7, 11) is -4.68. The summed E-state index contributed by atoms with van der Waals surface area (Å²) >= 11 is 0. The second-order valence-electron chi connectivity index (χ2n) is 5.26. The first-order valence-electron chi connectivity index (χ1n) is 6.33. The van der Waals surface area contributed by atoms with Gasteiger partial charge in [0.2, 0.25) is 0 Å². The van der Waals surface area contributed by atoms with Gasteiger partial charge in [0.25, 0.3) is 0 Å². The van der Waals surface area contributed by atoms with Gasteiger partial charge in [-0.25, -0.2) is 8.42 Å². The minimum Gasteiger partial charge on any atom is -0.748 e. The molecule has 8 nitrogen and oxygen atoms in total. The van der Waals surface area contributed by atoms with Gasteiger partial charge in [0.15, 0.2) is 0 Å². The maximum absolute atomic E-state index is 10.7. The molecule has 0 saturated heterocycles. The van der Waals surface area contributed by atoms with Crippen LogP contribution in [0.1, 0.15) is 20.3 Å². The molecule has 0 aliphatic heterocycles. The summed E-state index contributed by atoms with van der Waals surface area (Å²) in [6, 6.07) is 0. The van der Waals surface area contributed by atoms with Gasteiger partial charge >= 0.3 is 0 Å². The standard InChI is InChI=1S/C11H25NO7S/c1-9(2)5-11(7-14,8-15)12(3-4-13)10(16)6-20(17,18)19/h9-10,13-16H,3-8H2,1-2H3,(H,17,18,19)/p-1. The summed E-state index contributed by atoms with van der Waals surface area (Å²) in [5, 5.41) is 38.0. The van der Waals surface area contributed by atoms with Gasteiger partial charge in [0.1, 0.15) is 6.23 Å². The highest BCUT2D eigenvalue weighted by atomic mass is 32.2. The average molecular weight is 314 g/mol. The molecule has 0 bridgehead atoms. The molecular formula is C11H24NO7S-. The van der Waals surface area contributed by atoms with E-state index in [1.165, 1.54) is 0 Å². The van der Waals surface area contributed by atoms with Crippen LogP contribution in [0, 0.1) is 5.92 Å². The van der Waals surface area contributed by atoms with Crippen LogP contribution in [0.2, 0.25) is 0 Å². The van der Waals surface area contributed by atoms with Crippen molar-refractivity contribution < 1.29 is 33.4 Å². The lowest BCUT2D eigenvalue weighted by atomic mass is 9.88. The van der Waals surface area contributed by atoms with Gasteiger partial charge < -0.3 is 25.0 Å². The summed E-state index contributed by atoms with van der Waals surface area (Å²) in [4.78, 5) is 1.07. The van der Waals surface area contributed by atoms with E-state index in [-0.39, 0.29) is 18.9 Å². The zero-order valence-corrected chi connectivity index (χ0v) is 12.6. The molecule has 0 aliphatic carbocycles. The van der Waals surface area contributed by atoms with Crippen molar-refractivity contribution in [2.75, 3.05) is 32.1 Å². The Morgan fingerprint density at radius 3 is 2.00 bits per heavy atom. The quantitative estimate of drug-likeness (QED) is 0.266. The van der Waals surface area contributed by atoms with Crippen molar-refractivity contribution in [3.05, 3.63) is 0 Å². The molecule has 0 saturated carbocycles. The average Bonchev–Trinajstić information content (AvgIpc) is 2.31. The summed E-state index contributed by atoms with van der Waals surface area (Å²) in [5.74, 6) is -1.04. The Morgan fingerprint density at radius 1 is 1.20 bits per heavy atom. The van der Waals surface area contributed by atoms with E-state index in [0.717, 1.165) is 4.90 Å². The summed E-state index contributed by atoms with van der Waals surface area (Å²) in [6.07, 6.45) is -1.45. The first-order chi connectivity index (χ1) is 9.11. The number of aliphatic hydroxyl groups excluding tert-OH is 4. The predicted molar refractivity (Wildman–Crippen MR) is 70.7 cm³/mol. The summed E-state index contributed by atoms with van der Waals surface area (Å²) < 4.78 is 32.2. The van der Waals surface area contributed by atoms with Crippen LogP contribution < -0.4 is 0 Å². The van der Waals surface area contributed by atoms with Crippen LogP contribution in [0.15, 0.2) is 0 Å². The minimum absolute atomic E-state index is 0.0338. The molecule has 0 radical (unpaired) electrons. The second kappa shape index (κ2) is 8.23. The van der Waals surface area contributed by atoms with Crippen LogP contribution in [0.3, 0.4) is 0 Å². The fourth-order valence-electron chi connectivity index (χ4n) is 2.32. The third kappa shape index (κ3) is 6.00. The van der Waals surface area contributed by atoms with Crippen LogP contribution in [0.5, 0.6) is 0 Å². The van der Waals surface area contributed by atoms with Crippen LogP contribution in [0.4, 0.5) is 0 Å². The summed E-state index contributed by atoms with van der Waals surface area (Å²) in [5.41, 5.74) is -1.30. The number of rotatable bonds is 10. The molecule has 0 amide bonds. The predicted octanol–water partition coefficient (Wildman–Crippen LogP) is -2.09. The van der Waals surface area contributed by atoms with Gasteiger partial charge in [0, 0.05) is 6.54 Å². The van der Waals surface area contributed by atoms with Crippen molar-refractivity contribution in [3.8, 4) is 0 Å². The van der Waals surface area contributed by atoms with Crippen molar-refractivity contribution in [1.29, 1.82) is 0 Å². The molecule has 1 unspecified atom stereocenters. The highest BCUT2D eigenvalue weighted by Gasteiger charge is 2.40. The Hall–Kier alpha value is -0.290. The van der Waals surface area contributed by atoms with Crippen LogP contribution >= 0.6 is 0 Å². The molecule has 0 fully saturated rings. The first-order valence-corrected chi connectivity index (χ1v) is 7.90. The van der Waals surface area contributed by atoms with Crippen LogP contribution in [0.25, 0.3) is 0 Å². The number of hydrogen-bond acceptors (Lipinski definition) is 8. The van der Waals surface area contributed by atoms with E-state index in [1.807, 2.05) is 13.8 Å². The van der Waals surface area contributed by atoms with E-state index in [4.69, 9.17) is 5.11 Å². The zero-order chi connectivity index (χ0) is 16.0. The molecule has 20 heavy (non-hydrogen) atoms. The molecule has 0 aliphatic rings. The van der Waals surface area contributed by atoms with E-state index in [2.05, 4.69) is 0 Å². The highest BCUT2D eigenvalue weighted by molar-refractivity contribution is 7.85. The van der Waals surface area contributed by atoms with Gasteiger partial charge in [-0.1, -0.05) is 13.8 Å². The van der Waals surface area contributed by atoms with Crippen molar-refractivity contribution in [1.82, 2.24) is 4.90 Å². The Bertz CT molecular complexity index is 367. The maximum atomic E-state index is 10.7. The largest absolute Gasteiger partial charge is 0.748 e. The Morgan fingerprint density at radius 2 is 1.70 bits per heavy atom. The molecule has 122 valence electrons. The third-order valence-corrected chi connectivity index (χ3v) is 3.75. The van der Waals surface area contributed by atoms with E-state index < -0.39 is 47.5 Å².